The van der Waals surface area contributed by atoms with Crippen LogP contribution in [0.3, 0.4) is 0 Å². The molecule has 1 aromatic heterocycles. The number of hydrogen-bond donors (Lipinski definition) is 0. The van der Waals surface area contributed by atoms with E-state index in [1.54, 1.807) is 0 Å². The molecule has 0 nitrogen and oxygen atoms in total. The first-order valence-electron chi connectivity index (χ1n) is 6.75. The second-order valence-corrected chi connectivity index (χ2v) is 5.65. The Morgan fingerprint density at radius 1 is 0.750 bits per heavy atom. The molecule has 0 radical (unpaired) electrons. The fraction of sp³-hybridized carbons (Fsp3) is 0.0526. The minimum atomic E-state index is 0.330. The van der Waals surface area contributed by atoms with E-state index in [2.05, 4.69) is 84.3 Å². The Bertz CT molecular complexity index is 652. The Morgan fingerprint density at radius 3 is 2.10 bits per heavy atom. The van der Waals surface area contributed by atoms with E-state index in [0.29, 0.717) is 5.92 Å². The molecule has 20 heavy (non-hydrogen) atoms. The van der Waals surface area contributed by atoms with Crippen molar-refractivity contribution in [2.24, 2.45) is 0 Å². The lowest BCUT2D eigenvalue weighted by Crippen LogP contribution is -1.94. The van der Waals surface area contributed by atoms with E-state index in [-0.39, 0.29) is 0 Å². The Kier molecular flexibility index (Phi) is 4.10. The van der Waals surface area contributed by atoms with Gasteiger partial charge in [-0.1, -0.05) is 78.9 Å². The molecule has 98 valence electrons. The van der Waals surface area contributed by atoms with Crippen LogP contribution in [-0.2, 0) is 0 Å². The van der Waals surface area contributed by atoms with Gasteiger partial charge in [0.05, 0.1) is 0 Å². The predicted molar refractivity (Wildman–Crippen MR) is 88.1 cm³/mol. The lowest BCUT2D eigenvalue weighted by atomic mass is 9.96. The summed E-state index contributed by atoms with van der Waals surface area (Å²) in [4.78, 5) is 1.38. The molecule has 0 fully saturated rings. The molecule has 3 aromatic rings. The van der Waals surface area contributed by atoms with Crippen LogP contribution < -0.4 is 0 Å². The molecule has 0 aliphatic carbocycles. The number of thiophene rings is 1. The molecule has 1 heterocycles. The summed E-state index contributed by atoms with van der Waals surface area (Å²) in [5.74, 6) is 0.330. The number of hydrogen-bond acceptors (Lipinski definition) is 1. The summed E-state index contributed by atoms with van der Waals surface area (Å²) in [7, 11) is 0. The molecule has 0 bridgehead atoms. The molecule has 1 atom stereocenters. The highest BCUT2D eigenvalue weighted by Gasteiger charge is 2.11. The maximum absolute atomic E-state index is 2.29. The van der Waals surface area contributed by atoms with Crippen molar-refractivity contribution in [2.75, 3.05) is 0 Å². The van der Waals surface area contributed by atoms with Gasteiger partial charge in [0.2, 0.25) is 0 Å². The summed E-state index contributed by atoms with van der Waals surface area (Å²) in [5, 5.41) is 2.14. The highest BCUT2D eigenvalue weighted by Crippen LogP contribution is 2.30. The van der Waals surface area contributed by atoms with Gasteiger partial charge in [-0.3, -0.25) is 0 Å². The van der Waals surface area contributed by atoms with E-state index in [1.165, 1.54) is 16.0 Å². The smallest absolute Gasteiger partial charge is 0.0367 e. The van der Waals surface area contributed by atoms with Crippen molar-refractivity contribution >= 4 is 17.4 Å². The molecule has 0 saturated heterocycles. The van der Waals surface area contributed by atoms with E-state index in [9.17, 15) is 0 Å². The second-order valence-electron chi connectivity index (χ2n) is 4.67. The zero-order valence-electron chi connectivity index (χ0n) is 11.1. The van der Waals surface area contributed by atoms with Crippen molar-refractivity contribution in [2.45, 2.75) is 5.92 Å². The summed E-state index contributed by atoms with van der Waals surface area (Å²) in [6.07, 6.45) is 4.49. The molecule has 1 heteroatoms. The van der Waals surface area contributed by atoms with Crippen molar-refractivity contribution in [3.63, 3.8) is 0 Å². The van der Waals surface area contributed by atoms with Crippen molar-refractivity contribution in [1.82, 2.24) is 0 Å². The lowest BCUT2D eigenvalue weighted by Gasteiger charge is -2.11. The zero-order chi connectivity index (χ0) is 13.6. The van der Waals surface area contributed by atoms with E-state index in [4.69, 9.17) is 0 Å². The molecule has 1 unspecified atom stereocenters. The minimum Gasteiger partial charge on any atom is -0.148 e. The third-order valence-electron chi connectivity index (χ3n) is 3.29. The number of allylic oxidation sites excluding steroid dienone is 1. The predicted octanol–water partition coefficient (Wildman–Crippen LogP) is 5.59. The summed E-state index contributed by atoms with van der Waals surface area (Å²) in [6.45, 7) is 0. The largest absolute Gasteiger partial charge is 0.148 e. The van der Waals surface area contributed by atoms with Crippen molar-refractivity contribution < 1.29 is 0 Å². The summed E-state index contributed by atoms with van der Waals surface area (Å²) < 4.78 is 0. The molecule has 0 aliphatic rings. The quantitative estimate of drug-likeness (QED) is 0.582. The van der Waals surface area contributed by atoms with Crippen LogP contribution in [0.15, 0.2) is 84.3 Å². The molecular formula is C19H16S. The molecule has 0 aliphatic heterocycles. The van der Waals surface area contributed by atoms with Crippen LogP contribution in [0.25, 0.3) is 6.08 Å². The maximum atomic E-state index is 2.29. The second kappa shape index (κ2) is 6.36. The molecule has 0 spiro atoms. The van der Waals surface area contributed by atoms with Crippen LogP contribution in [0.2, 0.25) is 0 Å². The van der Waals surface area contributed by atoms with Crippen LogP contribution in [0.1, 0.15) is 21.9 Å². The summed E-state index contributed by atoms with van der Waals surface area (Å²) in [6, 6.07) is 25.4. The maximum Gasteiger partial charge on any atom is 0.0367 e. The van der Waals surface area contributed by atoms with E-state index < -0.39 is 0 Å². The van der Waals surface area contributed by atoms with E-state index in [1.807, 2.05) is 17.4 Å². The fourth-order valence-corrected chi connectivity index (χ4v) is 3.10. The minimum absolute atomic E-state index is 0.330. The monoisotopic (exact) mass is 276 g/mol. The van der Waals surface area contributed by atoms with Crippen LogP contribution >= 0.6 is 11.3 Å². The van der Waals surface area contributed by atoms with Gasteiger partial charge in [-0.25, -0.2) is 0 Å². The van der Waals surface area contributed by atoms with Gasteiger partial charge in [0.15, 0.2) is 0 Å². The average molecular weight is 276 g/mol. The van der Waals surface area contributed by atoms with Gasteiger partial charge in [0.1, 0.15) is 0 Å². The third kappa shape index (κ3) is 3.06. The molecular weight excluding hydrogens is 260 g/mol. The van der Waals surface area contributed by atoms with Crippen LogP contribution in [0, 0.1) is 0 Å². The van der Waals surface area contributed by atoms with E-state index in [0.717, 1.165) is 0 Å². The van der Waals surface area contributed by atoms with Gasteiger partial charge in [-0.05, 0) is 22.6 Å². The zero-order valence-corrected chi connectivity index (χ0v) is 12.0. The standard InChI is InChI=1S/C19H16S/c1-3-8-16(9-4-1)13-14-18(19-12-7-15-20-19)17-10-5-2-6-11-17/h1-15,18H/b14-13+. The van der Waals surface area contributed by atoms with Crippen molar-refractivity contribution in [3.8, 4) is 0 Å². The fourth-order valence-electron chi connectivity index (χ4n) is 2.27. The van der Waals surface area contributed by atoms with Crippen LogP contribution in [0.4, 0.5) is 0 Å². The van der Waals surface area contributed by atoms with E-state index >= 15 is 0 Å². The van der Waals surface area contributed by atoms with Gasteiger partial charge in [0, 0.05) is 10.8 Å². The first-order valence-corrected chi connectivity index (χ1v) is 7.63. The average Bonchev–Trinajstić information content (AvgIpc) is 3.04. The van der Waals surface area contributed by atoms with Crippen molar-refractivity contribution in [1.29, 1.82) is 0 Å². The van der Waals surface area contributed by atoms with Gasteiger partial charge in [-0.2, -0.15) is 0 Å². The number of benzene rings is 2. The summed E-state index contributed by atoms with van der Waals surface area (Å²) >= 11 is 1.81. The van der Waals surface area contributed by atoms with Crippen LogP contribution in [-0.4, -0.2) is 0 Å². The Hall–Kier alpha value is -2.12. The number of rotatable bonds is 4. The van der Waals surface area contributed by atoms with Gasteiger partial charge >= 0.3 is 0 Å². The highest BCUT2D eigenvalue weighted by atomic mass is 32.1. The lowest BCUT2D eigenvalue weighted by molar-refractivity contribution is 1.06. The molecule has 0 N–H and O–H groups in total. The first kappa shape index (κ1) is 12.9. The summed E-state index contributed by atoms with van der Waals surface area (Å²) in [5.41, 5.74) is 2.58. The molecule has 0 amide bonds. The topological polar surface area (TPSA) is 0 Å². The Balaban J connectivity index is 1.93. The van der Waals surface area contributed by atoms with Crippen molar-refractivity contribution in [3.05, 3.63) is 100 Å². The SMILES string of the molecule is C(=C\C(c1ccccc1)c1cccs1)/c1ccccc1. The van der Waals surface area contributed by atoms with Gasteiger partial charge in [0.25, 0.3) is 0 Å². The normalized spacial score (nSPS) is 12.6. The van der Waals surface area contributed by atoms with Crippen LogP contribution in [0.5, 0.6) is 0 Å². The third-order valence-corrected chi connectivity index (χ3v) is 4.24. The molecule has 2 aromatic carbocycles. The van der Waals surface area contributed by atoms with Gasteiger partial charge in [-0.15, -0.1) is 11.3 Å². The first-order chi connectivity index (χ1) is 9.93. The Labute approximate surface area is 124 Å². The molecule has 0 saturated carbocycles. The highest BCUT2D eigenvalue weighted by molar-refractivity contribution is 7.10. The molecule has 3 rings (SSSR count). The van der Waals surface area contributed by atoms with Gasteiger partial charge < -0.3 is 0 Å². The Morgan fingerprint density at radius 2 is 1.45 bits per heavy atom.